The molecule has 0 saturated carbocycles. The molecule has 0 radical (unpaired) electrons. The zero-order valence-corrected chi connectivity index (χ0v) is 16.5. The van der Waals surface area contributed by atoms with E-state index in [2.05, 4.69) is 26.1 Å². The number of hydrazone groups is 1. The normalized spacial score (nSPS) is 11.5. The molecule has 3 aromatic rings. The first-order chi connectivity index (χ1) is 14.6. The molecule has 0 fully saturated rings. The summed E-state index contributed by atoms with van der Waals surface area (Å²) >= 11 is 0. The largest absolute Gasteiger partial charge is 0.384 e. The van der Waals surface area contributed by atoms with Crippen molar-refractivity contribution in [1.82, 2.24) is 9.97 Å². The van der Waals surface area contributed by atoms with Crippen LogP contribution in [0.2, 0.25) is 0 Å². The van der Waals surface area contributed by atoms with E-state index in [0.717, 1.165) is 17.0 Å². The summed E-state index contributed by atoms with van der Waals surface area (Å²) in [5.74, 6) is 5.91. The molecule has 0 aliphatic rings. The van der Waals surface area contributed by atoms with Crippen LogP contribution in [0.3, 0.4) is 0 Å². The number of hydrogen-bond acceptors (Lipinski definition) is 8. The first kappa shape index (κ1) is 20.6. The van der Waals surface area contributed by atoms with Crippen molar-refractivity contribution in [3.63, 3.8) is 0 Å². The van der Waals surface area contributed by atoms with Crippen molar-refractivity contribution in [2.24, 2.45) is 15.9 Å². The minimum atomic E-state index is 0.313. The smallest absolute Gasteiger partial charge is 0.124 e. The van der Waals surface area contributed by atoms with Gasteiger partial charge in [0.1, 0.15) is 11.5 Å². The standard InChI is InChI=1S/C22H21N7O/c1-30-14-19-7-3-6-18(27-19)12-26-13-21(29-25)17-9-20(28-22(24)10-17)16-5-2-4-15(8-16)11-23/h2-10,13H,12,14,25H2,1H3,(H2,24,28). The summed E-state index contributed by atoms with van der Waals surface area (Å²) in [7, 11) is 1.63. The summed E-state index contributed by atoms with van der Waals surface area (Å²) < 4.78 is 5.10. The Hall–Kier alpha value is -4.09. The molecule has 8 heteroatoms. The SMILES string of the molecule is COCc1cccc(CN=CC(=NN)c2cc(N)nc(-c3cccc(C#N)c3)c2)n1. The number of anilines is 1. The topological polar surface area (TPSA) is 136 Å². The fourth-order valence-corrected chi connectivity index (χ4v) is 2.85. The highest BCUT2D eigenvalue weighted by atomic mass is 16.5. The van der Waals surface area contributed by atoms with Crippen molar-refractivity contribution in [2.45, 2.75) is 13.2 Å². The highest BCUT2D eigenvalue weighted by Crippen LogP contribution is 2.21. The molecular formula is C22H21N7O. The maximum Gasteiger partial charge on any atom is 0.124 e. The van der Waals surface area contributed by atoms with Crippen LogP contribution in [0.15, 0.2) is 64.7 Å². The highest BCUT2D eigenvalue weighted by molar-refractivity contribution is 6.38. The Morgan fingerprint density at radius 1 is 1.13 bits per heavy atom. The van der Waals surface area contributed by atoms with Gasteiger partial charge in [0, 0.05) is 24.5 Å². The number of nitrogen functional groups attached to an aromatic ring is 1. The van der Waals surface area contributed by atoms with Crippen LogP contribution in [-0.2, 0) is 17.9 Å². The van der Waals surface area contributed by atoms with Crippen LogP contribution in [0.25, 0.3) is 11.3 Å². The monoisotopic (exact) mass is 399 g/mol. The maximum atomic E-state index is 9.12. The van der Waals surface area contributed by atoms with Crippen molar-refractivity contribution in [3.05, 3.63) is 77.1 Å². The van der Waals surface area contributed by atoms with Gasteiger partial charge < -0.3 is 16.3 Å². The summed E-state index contributed by atoms with van der Waals surface area (Å²) in [4.78, 5) is 13.2. The summed E-state index contributed by atoms with van der Waals surface area (Å²) in [6.07, 6.45) is 1.58. The third-order valence-corrected chi connectivity index (χ3v) is 4.19. The van der Waals surface area contributed by atoms with E-state index < -0.39 is 0 Å². The average molecular weight is 399 g/mol. The van der Waals surface area contributed by atoms with Crippen molar-refractivity contribution in [1.29, 1.82) is 5.26 Å². The third-order valence-electron chi connectivity index (χ3n) is 4.19. The Labute approximate surface area is 174 Å². The number of rotatable bonds is 7. The molecule has 0 bridgehead atoms. The van der Waals surface area contributed by atoms with Gasteiger partial charge in [0.15, 0.2) is 0 Å². The van der Waals surface area contributed by atoms with E-state index in [1.54, 1.807) is 37.6 Å². The van der Waals surface area contributed by atoms with Crippen LogP contribution in [-0.4, -0.2) is 29.0 Å². The number of pyridine rings is 2. The molecule has 0 saturated heterocycles. The Kier molecular flexibility index (Phi) is 6.82. The Bertz CT molecular complexity index is 1130. The molecule has 0 aliphatic heterocycles. The molecule has 150 valence electrons. The van der Waals surface area contributed by atoms with Gasteiger partial charge in [0.2, 0.25) is 0 Å². The van der Waals surface area contributed by atoms with Gasteiger partial charge in [-0.2, -0.15) is 10.4 Å². The Balaban J connectivity index is 1.83. The number of aliphatic imine (C=N–C) groups is 1. The number of aromatic nitrogens is 2. The van der Waals surface area contributed by atoms with Crippen molar-refractivity contribution in [3.8, 4) is 17.3 Å². The van der Waals surface area contributed by atoms with Gasteiger partial charge in [0.05, 0.1) is 41.9 Å². The number of benzene rings is 1. The number of ether oxygens (including phenoxy) is 1. The molecule has 2 aromatic heterocycles. The molecule has 3 rings (SSSR count). The molecule has 8 nitrogen and oxygen atoms in total. The fraction of sp³-hybridized carbons (Fsp3) is 0.136. The van der Waals surface area contributed by atoms with Crippen LogP contribution in [0, 0.1) is 11.3 Å². The molecule has 0 spiro atoms. The lowest BCUT2D eigenvalue weighted by Gasteiger charge is -2.07. The first-order valence-corrected chi connectivity index (χ1v) is 9.13. The summed E-state index contributed by atoms with van der Waals surface area (Å²) in [6.45, 7) is 0.813. The highest BCUT2D eigenvalue weighted by Gasteiger charge is 2.08. The molecule has 0 aliphatic carbocycles. The third kappa shape index (κ3) is 5.25. The molecule has 0 atom stereocenters. The molecule has 30 heavy (non-hydrogen) atoms. The van der Waals surface area contributed by atoms with Crippen molar-refractivity contribution in [2.75, 3.05) is 12.8 Å². The van der Waals surface area contributed by atoms with Gasteiger partial charge in [-0.25, -0.2) is 4.98 Å². The fourth-order valence-electron chi connectivity index (χ4n) is 2.85. The number of nitrogens with zero attached hydrogens (tertiary/aromatic N) is 5. The summed E-state index contributed by atoms with van der Waals surface area (Å²) in [5.41, 5.74) is 10.7. The van der Waals surface area contributed by atoms with E-state index in [4.69, 9.17) is 21.6 Å². The van der Waals surface area contributed by atoms with Gasteiger partial charge in [-0.05, 0) is 36.4 Å². The second kappa shape index (κ2) is 9.91. The zero-order chi connectivity index (χ0) is 21.3. The summed E-state index contributed by atoms with van der Waals surface area (Å²) in [6, 6.07) is 18.4. The Morgan fingerprint density at radius 3 is 2.70 bits per heavy atom. The zero-order valence-electron chi connectivity index (χ0n) is 16.5. The van der Waals surface area contributed by atoms with Crippen molar-refractivity contribution >= 4 is 17.7 Å². The van der Waals surface area contributed by atoms with Crippen LogP contribution in [0.1, 0.15) is 22.5 Å². The predicted octanol–water partition coefficient (Wildman–Crippen LogP) is 2.68. The van der Waals surface area contributed by atoms with Crippen LogP contribution >= 0.6 is 0 Å². The van der Waals surface area contributed by atoms with E-state index in [9.17, 15) is 0 Å². The molecule has 4 N–H and O–H groups in total. The van der Waals surface area contributed by atoms with E-state index in [0.29, 0.717) is 41.5 Å². The summed E-state index contributed by atoms with van der Waals surface area (Å²) in [5, 5.41) is 13.0. The van der Waals surface area contributed by atoms with Gasteiger partial charge in [-0.3, -0.25) is 9.98 Å². The minimum Gasteiger partial charge on any atom is -0.384 e. The quantitative estimate of drug-likeness (QED) is 0.356. The van der Waals surface area contributed by atoms with Gasteiger partial charge in [-0.1, -0.05) is 18.2 Å². The first-order valence-electron chi connectivity index (χ1n) is 9.13. The van der Waals surface area contributed by atoms with Gasteiger partial charge in [-0.15, -0.1) is 0 Å². The molecule has 0 amide bonds. The number of nitriles is 1. The van der Waals surface area contributed by atoms with E-state index in [-0.39, 0.29) is 0 Å². The second-order valence-electron chi connectivity index (χ2n) is 6.40. The molecular weight excluding hydrogens is 378 g/mol. The Morgan fingerprint density at radius 2 is 1.93 bits per heavy atom. The lowest BCUT2D eigenvalue weighted by molar-refractivity contribution is 0.181. The van der Waals surface area contributed by atoms with E-state index in [1.807, 2.05) is 30.3 Å². The molecule has 2 heterocycles. The van der Waals surface area contributed by atoms with Crippen molar-refractivity contribution < 1.29 is 4.74 Å². The van der Waals surface area contributed by atoms with E-state index >= 15 is 0 Å². The molecule has 0 unspecified atom stereocenters. The minimum absolute atomic E-state index is 0.313. The number of methoxy groups -OCH3 is 1. The second-order valence-corrected chi connectivity index (χ2v) is 6.40. The van der Waals surface area contributed by atoms with Gasteiger partial charge >= 0.3 is 0 Å². The van der Waals surface area contributed by atoms with Crippen LogP contribution in [0.4, 0.5) is 5.82 Å². The molecule has 1 aromatic carbocycles. The van der Waals surface area contributed by atoms with E-state index in [1.165, 1.54) is 0 Å². The van der Waals surface area contributed by atoms with Crippen LogP contribution < -0.4 is 11.6 Å². The number of nitrogens with two attached hydrogens (primary N) is 2. The average Bonchev–Trinajstić information content (AvgIpc) is 2.77. The lowest BCUT2D eigenvalue weighted by atomic mass is 10.0. The lowest BCUT2D eigenvalue weighted by Crippen LogP contribution is -2.08. The number of hydrogen-bond donors (Lipinski definition) is 2. The predicted molar refractivity (Wildman–Crippen MR) is 117 cm³/mol. The maximum absolute atomic E-state index is 9.12. The van der Waals surface area contributed by atoms with Crippen LogP contribution in [0.5, 0.6) is 0 Å². The van der Waals surface area contributed by atoms with Gasteiger partial charge in [0.25, 0.3) is 0 Å².